The van der Waals surface area contributed by atoms with Crippen molar-refractivity contribution in [2.45, 2.75) is 239 Å². The van der Waals surface area contributed by atoms with Crippen LogP contribution < -0.4 is 0 Å². The fourth-order valence-electron chi connectivity index (χ4n) is 6.76. The lowest BCUT2D eigenvalue weighted by atomic mass is 10.1. The van der Waals surface area contributed by atoms with Crippen LogP contribution in [0.25, 0.3) is 0 Å². The summed E-state index contributed by atoms with van der Waals surface area (Å²) in [7, 11) is 0. The summed E-state index contributed by atoms with van der Waals surface area (Å²) in [6, 6.07) is 0. The molecule has 0 bridgehead atoms. The molecule has 0 heterocycles. The molecule has 0 rings (SSSR count). The molecule has 0 aliphatic heterocycles. The Bertz CT molecular complexity index is 1220. The van der Waals surface area contributed by atoms with E-state index in [-0.39, 0.29) is 31.1 Å². The monoisotopic (exact) mass is 863 g/mol. The number of allylic oxidation sites excluding steroid dienone is 14. The molecule has 6 nitrogen and oxygen atoms in total. The Morgan fingerprint density at radius 1 is 0.339 bits per heavy atom. The van der Waals surface area contributed by atoms with Gasteiger partial charge in [-0.3, -0.25) is 14.4 Å². The summed E-state index contributed by atoms with van der Waals surface area (Å²) in [6.07, 6.45) is 64.2. The number of rotatable bonds is 45. The van der Waals surface area contributed by atoms with E-state index in [0.717, 1.165) is 128 Å². The van der Waals surface area contributed by atoms with Gasteiger partial charge in [0.15, 0.2) is 6.10 Å². The number of hydrogen-bond donors (Lipinski definition) is 0. The number of carbonyl (C=O) groups is 3. The molecule has 354 valence electrons. The number of hydrogen-bond acceptors (Lipinski definition) is 6. The van der Waals surface area contributed by atoms with Crippen LogP contribution in [0.3, 0.4) is 0 Å². The second-order valence-corrected chi connectivity index (χ2v) is 16.7. The third-order valence-corrected chi connectivity index (χ3v) is 10.6. The van der Waals surface area contributed by atoms with Crippen molar-refractivity contribution in [3.05, 3.63) is 85.1 Å². The van der Waals surface area contributed by atoms with E-state index in [0.29, 0.717) is 19.3 Å². The summed E-state index contributed by atoms with van der Waals surface area (Å²) in [5, 5.41) is 0. The normalized spacial score (nSPS) is 12.8. The van der Waals surface area contributed by atoms with E-state index >= 15 is 0 Å². The zero-order chi connectivity index (χ0) is 45.1. The molecule has 0 aliphatic rings. The number of carbonyl (C=O) groups excluding carboxylic acids is 3. The third-order valence-electron chi connectivity index (χ3n) is 10.6. The molecule has 0 radical (unpaired) electrons. The van der Waals surface area contributed by atoms with Crippen LogP contribution in [0.2, 0.25) is 0 Å². The topological polar surface area (TPSA) is 78.9 Å². The summed E-state index contributed by atoms with van der Waals surface area (Å²) in [4.78, 5) is 37.9. The fraction of sp³-hybridized carbons (Fsp3) is 0.696. The molecule has 1 unspecified atom stereocenters. The van der Waals surface area contributed by atoms with Crippen LogP contribution in [0, 0.1) is 0 Å². The lowest BCUT2D eigenvalue weighted by Gasteiger charge is -2.18. The van der Waals surface area contributed by atoms with Gasteiger partial charge in [-0.15, -0.1) is 0 Å². The highest BCUT2D eigenvalue weighted by Gasteiger charge is 2.19. The summed E-state index contributed by atoms with van der Waals surface area (Å²) >= 11 is 0. The van der Waals surface area contributed by atoms with Gasteiger partial charge in [0, 0.05) is 19.3 Å². The van der Waals surface area contributed by atoms with Gasteiger partial charge < -0.3 is 14.2 Å². The second kappa shape index (κ2) is 50.2. The van der Waals surface area contributed by atoms with Crippen LogP contribution in [0.1, 0.15) is 233 Å². The van der Waals surface area contributed by atoms with E-state index in [9.17, 15) is 14.4 Å². The highest BCUT2D eigenvalue weighted by atomic mass is 16.6. The van der Waals surface area contributed by atoms with Crippen LogP contribution in [0.15, 0.2) is 85.1 Å². The van der Waals surface area contributed by atoms with Crippen LogP contribution in [0.5, 0.6) is 0 Å². The standard InChI is InChI=1S/C56H94O6/c1-4-7-10-13-16-19-22-24-26-28-30-32-34-37-40-43-46-49-55(58)61-52-53(51-60-54(57)48-45-42-39-36-21-18-15-12-9-6-3)62-56(59)50-47-44-41-38-35-33-31-29-27-25-23-20-17-14-11-8-5-2/h7,10,12,15-17,19-20,24-27,30,32,53H,4-6,8-9,11,13-14,18,21-23,28-29,31,33-52H2,1-3H3/b10-7-,15-12-,19-16-,20-17-,26-24-,27-25-,32-30-. The quantitative estimate of drug-likeness (QED) is 0.0263. The zero-order valence-electron chi connectivity index (χ0n) is 40.4. The molecule has 62 heavy (non-hydrogen) atoms. The molecule has 0 aliphatic carbocycles. The van der Waals surface area contributed by atoms with Crippen molar-refractivity contribution in [3.8, 4) is 0 Å². The van der Waals surface area contributed by atoms with Gasteiger partial charge in [0.2, 0.25) is 0 Å². The Kier molecular flexibility index (Phi) is 47.5. The molecule has 0 aromatic rings. The molecule has 0 amide bonds. The minimum Gasteiger partial charge on any atom is -0.462 e. The highest BCUT2D eigenvalue weighted by Crippen LogP contribution is 2.13. The molecule has 6 heteroatoms. The van der Waals surface area contributed by atoms with Crippen molar-refractivity contribution in [2.24, 2.45) is 0 Å². The van der Waals surface area contributed by atoms with E-state index in [2.05, 4.69) is 106 Å². The average molecular weight is 863 g/mol. The predicted octanol–water partition coefficient (Wildman–Crippen LogP) is 16.8. The molecular weight excluding hydrogens is 769 g/mol. The molecule has 0 saturated carbocycles. The largest absolute Gasteiger partial charge is 0.462 e. The first-order valence-corrected chi connectivity index (χ1v) is 25.6. The van der Waals surface area contributed by atoms with Crippen molar-refractivity contribution in [3.63, 3.8) is 0 Å². The number of ether oxygens (including phenoxy) is 3. The van der Waals surface area contributed by atoms with E-state index in [1.54, 1.807) is 0 Å². The van der Waals surface area contributed by atoms with Gasteiger partial charge in [-0.25, -0.2) is 0 Å². The van der Waals surface area contributed by atoms with Gasteiger partial charge >= 0.3 is 17.9 Å². The van der Waals surface area contributed by atoms with Crippen molar-refractivity contribution in [2.75, 3.05) is 13.2 Å². The Balaban J connectivity index is 4.42. The summed E-state index contributed by atoms with van der Waals surface area (Å²) < 4.78 is 16.7. The first-order valence-electron chi connectivity index (χ1n) is 25.6. The van der Waals surface area contributed by atoms with Crippen molar-refractivity contribution in [1.29, 1.82) is 0 Å². The Morgan fingerprint density at radius 3 is 1.06 bits per heavy atom. The van der Waals surface area contributed by atoms with Crippen LogP contribution >= 0.6 is 0 Å². The molecule has 0 fully saturated rings. The third kappa shape index (κ3) is 47.6. The summed E-state index contributed by atoms with van der Waals surface area (Å²) in [5.74, 6) is -0.938. The summed E-state index contributed by atoms with van der Waals surface area (Å²) in [6.45, 7) is 6.40. The summed E-state index contributed by atoms with van der Waals surface area (Å²) in [5.41, 5.74) is 0. The maximum Gasteiger partial charge on any atom is 0.306 e. The lowest BCUT2D eigenvalue weighted by Crippen LogP contribution is -2.30. The van der Waals surface area contributed by atoms with Crippen LogP contribution in [0.4, 0.5) is 0 Å². The van der Waals surface area contributed by atoms with Crippen LogP contribution in [-0.2, 0) is 28.6 Å². The Labute approximate surface area is 382 Å². The van der Waals surface area contributed by atoms with Crippen molar-refractivity contribution in [1.82, 2.24) is 0 Å². The fourth-order valence-corrected chi connectivity index (χ4v) is 6.76. The average Bonchev–Trinajstić information content (AvgIpc) is 3.27. The number of esters is 3. The van der Waals surface area contributed by atoms with Gasteiger partial charge in [-0.2, -0.15) is 0 Å². The van der Waals surface area contributed by atoms with Gasteiger partial charge in [0.25, 0.3) is 0 Å². The first kappa shape index (κ1) is 58.6. The van der Waals surface area contributed by atoms with E-state index in [1.807, 2.05) is 0 Å². The van der Waals surface area contributed by atoms with Gasteiger partial charge in [0.05, 0.1) is 0 Å². The van der Waals surface area contributed by atoms with E-state index in [4.69, 9.17) is 14.2 Å². The minimum absolute atomic E-state index is 0.0931. The van der Waals surface area contributed by atoms with Crippen LogP contribution in [-0.4, -0.2) is 37.2 Å². The molecule has 0 saturated heterocycles. The van der Waals surface area contributed by atoms with E-state index < -0.39 is 6.10 Å². The van der Waals surface area contributed by atoms with Crippen molar-refractivity contribution < 1.29 is 28.6 Å². The Morgan fingerprint density at radius 2 is 0.661 bits per heavy atom. The molecule has 0 aromatic carbocycles. The van der Waals surface area contributed by atoms with Crippen molar-refractivity contribution >= 4 is 17.9 Å². The molecular formula is C56H94O6. The smallest absolute Gasteiger partial charge is 0.306 e. The minimum atomic E-state index is -0.793. The lowest BCUT2D eigenvalue weighted by molar-refractivity contribution is -0.167. The van der Waals surface area contributed by atoms with E-state index in [1.165, 1.54) is 64.2 Å². The molecule has 0 N–H and O–H groups in total. The molecule has 0 spiro atoms. The molecule has 0 aromatic heterocycles. The highest BCUT2D eigenvalue weighted by molar-refractivity contribution is 5.71. The maximum atomic E-state index is 12.8. The predicted molar refractivity (Wildman–Crippen MR) is 265 cm³/mol. The Hall–Kier alpha value is -3.41. The second-order valence-electron chi connectivity index (χ2n) is 16.7. The SMILES string of the molecule is CC/C=C\C/C=C\C/C=C\C/C=C\CCCCCCC(=O)OCC(COC(=O)CCCCCCC/C=C\CCC)OC(=O)CCCCCCCCC/C=C\C/C=C\CCCCC. The number of unbranched alkanes of at least 4 members (excludes halogenated alkanes) is 20. The van der Waals surface area contributed by atoms with Gasteiger partial charge in [-0.05, 0) is 109 Å². The maximum absolute atomic E-state index is 12.8. The molecule has 1 atom stereocenters. The zero-order valence-corrected chi connectivity index (χ0v) is 40.4. The first-order chi connectivity index (χ1) is 30.5. The van der Waals surface area contributed by atoms with Gasteiger partial charge in [0.1, 0.15) is 13.2 Å². The van der Waals surface area contributed by atoms with Gasteiger partial charge in [-0.1, -0.05) is 189 Å².